The Morgan fingerprint density at radius 1 is 1.40 bits per heavy atom. The van der Waals surface area contributed by atoms with Crippen LogP contribution in [0.3, 0.4) is 0 Å². The monoisotopic (exact) mass is 208 g/mol. The molecule has 1 aromatic rings. The zero-order valence-corrected chi connectivity index (χ0v) is 9.06. The highest BCUT2D eigenvalue weighted by Crippen LogP contribution is 2.06. The van der Waals surface area contributed by atoms with Gasteiger partial charge < -0.3 is 9.47 Å². The molecule has 0 fully saturated rings. The van der Waals surface area contributed by atoms with Gasteiger partial charge in [-0.15, -0.1) is 0 Å². The third kappa shape index (κ3) is 3.09. The van der Waals surface area contributed by atoms with Crippen LogP contribution in [0.2, 0.25) is 0 Å². The number of nitrogens with zero attached hydrogens (tertiary/aromatic N) is 1. The number of hydrogen-bond donors (Lipinski definition) is 0. The van der Waals surface area contributed by atoms with Gasteiger partial charge in [0, 0.05) is 17.7 Å². The molecule has 0 N–H and O–H groups in total. The Morgan fingerprint density at radius 3 is 2.67 bits per heavy atom. The summed E-state index contributed by atoms with van der Waals surface area (Å²) in [6, 6.07) is 3.76. The van der Waals surface area contributed by atoms with E-state index in [0.717, 1.165) is 5.56 Å². The molecule has 0 amide bonds. The van der Waals surface area contributed by atoms with Crippen molar-refractivity contribution in [3.05, 3.63) is 35.8 Å². The van der Waals surface area contributed by atoms with E-state index in [1.54, 1.807) is 6.08 Å². The number of methoxy groups -OCH3 is 2. The van der Waals surface area contributed by atoms with Crippen molar-refractivity contribution in [3.8, 4) is 0 Å². The van der Waals surface area contributed by atoms with Crippen molar-refractivity contribution < 1.29 is 18.8 Å². The van der Waals surface area contributed by atoms with Gasteiger partial charge in [0.15, 0.2) is 12.4 Å². The molecule has 0 saturated heterocycles. The number of ether oxygens (including phenoxy) is 2. The maximum atomic E-state index is 11.2. The molecule has 0 aliphatic heterocycles. The highest BCUT2D eigenvalue weighted by Gasteiger charge is 2.09. The fourth-order valence-electron chi connectivity index (χ4n) is 1.15. The van der Waals surface area contributed by atoms with Gasteiger partial charge in [-0.25, -0.2) is 9.36 Å². The minimum Gasteiger partial charge on any atom is -0.490 e. The molecule has 0 bridgehead atoms. The van der Waals surface area contributed by atoms with E-state index in [9.17, 15) is 4.79 Å². The molecular formula is C11H14NO3+. The maximum Gasteiger partial charge on any atom is 0.373 e. The first-order valence-electron chi connectivity index (χ1n) is 4.46. The van der Waals surface area contributed by atoms with E-state index in [0.29, 0.717) is 0 Å². The lowest BCUT2D eigenvalue weighted by Gasteiger charge is -2.02. The Labute approximate surface area is 88.7 Å². The van der Waals surface area contributed by atoms with Gasteiger partial charge in [-0.3, -0.25) is 0 Å². The number of aromatic nitrogens is 1. The lowest BCUT2D eigenvalue weighted by atomic mass is 10.2. The first-order valence-corrected chi connectivity index (χ1v) is 4.46. The molecule has 4 nitrogen and oxygen atoms in total. The molecule has 4 heteroatoms. The Balaban J connectivity index is 2.98. The molecular weight excluding hydrogens is 194 g/mol. The van der Waals surface area contributed by atoms with Crippen molar-refractivity contribution >= 4 is 12.0 Å². The van der Waals surface area contributed by atoms with Crippen LogP contribution in [0.4, 0.5) is 0 Å². The van der Waals surface area contributed by atoms with E-state index in [1.807, 2.05) is 36.1 Å². The molecule has 0 aromatic carbocycles. The van der Waals surface area contributed by atoms with Gasteiger partial charge in [0.2, 0.25) is 5.76 Å². The van der Waals surface area contributed by atoms with Crippen LogP contribution in [0.5, 0.6) is 0 Å². The zero-order valence-electron chi connectivity index (χ0n) is 9.06. The van der Waals surface area contributed by atoms with E-state index in [-0.39, 0.29) is 5.76 Å². The molecule has 1 heterocycles. The molecule has 0 atom stereocenters. The molecule has 0 spiro atoms. The Morgan fingerprint density at radius 2 is 2.13 bits per heavy atom. The molecule has 0 unspecified atom stereocenters. The number of aryl methyl sites for hydroxylation is 1. The quantitative estimate of drug-likeness (QED) is 0.317. The van der Waals surface area contributed by atoms with E-state index >= 15 is 0 Å². The predicted molar refractivity (Wildman–Crippen MR) is 54.6 cm³/mol. The summed E-state index contributed by atoms with van der Waals surface area (Å²) in [7, 11) is 4.66. The summed E-state index contributed by atoms with van der Waals surface area (Å²) in [5.41, 5.74) is 0.877. The van der Waals surface area contributed by atoms with Crippen molar-refractivity contribution in [2.75, 3.05) is 14.2 Å². The van der Waals surface area contributed by atoms with E-state index in [4.69, 9.17) is 4.74 Å². The van der Waals surface area contributed by atoms with Gasteiger partial charge in [-0.2, -0.15) is 0 Å². The molecule has 1 rings (SSSR count). The van der Waals surface area contributed by atoms with Crippen molar-refractivity contribution in [3.63, 3.8) is 0 Å². The smallest absolute Gasteiger partial charge is 0.373 e. The van der Waals surface area contributed by atoms with Crippen LogP contribution in [0, 0.1) is 0 Å². The average Bonchev–Trinajstić information content (AvgIpc) is 2.25. The number of rotatable bonds is 3. The summed E-state index contributed by atoms with van der Waals surface area (Å²) in [6.45, 7) is 0. The fourth-order valence-corrected chi connectivity index (χ4v) is 1.15. The third-order valence-electron chi connectivity index (χ3n) is 1.87. The van der Waals surface area contributed by atoms with Crippen molar-refractivity contribution in [1.82, 2.24) is 0 Å². The van der Waals surface area contributed by atoms with Crippen molar-refractivity contribution in [2.45, 2.75) is 0 Å². The molecule has 15 heavy (non-hydrogen) atoms. The highest BCUT2D eigenvalue weighted by atomic mass is 16.6. The molecule has 0 saturated carbocycles. The van der Waals surface area contributed by atoms with E-state index in [2.05, 4.69) is 4.74 Å². The van der Waals surface area contributed by atoms with E-state index in [1.165, 1.54) is 14.2 Å². The molecule has 1 aromatic heterocycles. The zero-order chi connectivity index (χ0) is 11.3. The third-order valence-corrected chi connectivity index (χ3v) is 1.87. The van der Waals surface area contributed by atoms with Crippen LogP contribution in [0.25, 0.3) is 6.08 Å². The summed E-state index contributed by atoms with van der Waals surface area (Å²) in [5.74, 6) is -0.298. The molecule has 0 aliphatic rings. The summed E-state index contributed by atoms with van der Waals surface area (Å²) in [5, 5.41) is 0. The summed E-state index contributed by atoms with van der Waals surface area (Å²) >= 11 is 0. The lowest BCUT2D eigenvalue weighted by molar-refractivity contribution is -0.671. The van der Waals surface area contributed by atoms with Gasteiger partial charge in [0.1, 0.15) is 7.05 Å². The van der Waals surface area contributed by atoms with Crippen molar-refractivity contribution in [2.24, 2.45) is 7.05 Å². The minimum atomic E-state index is -0.482. The average molecular weight is 208 g/mol. The van der Waals surface area contributed by atoms with Crippen LogP contribution in [0.15, 0.2) is 30.3 Å². The topological polar surface area (TPSA) is 39.4 Å². The van der Waals surface area contributed by atoms with Crippen LogP contribution < -0.4 is 4.57 Å². The Bertz CT molecular complexity index is 385. The van der Waals surface area contributed by atoms with Crippen LogP contribution in [0.1, 0.15) is 5.56 Å². The molecule has 80 valence electrons. The fraction of sp³-hybridized carbons (Fsp3) is 0.273. The second-order valence-corrected chi connectivity index (χ2v) is 3.01. The Kier molecular flexibility index (Phi) is 3.85. The SMILES string of the molecule is COC(=O)/C(=C/c1ccc[n+](C)c1)OC. The highest BCUT2D eigenvalue weighted by molar-refractivity contribution is 5.91. The number of esters is 1. The number of hydrogen-bond acceptors (Lipinski definition) is 3. The van der Waals surface area contributed by atoms with Gasteiger partial charge in [-0.05, 0) is 6.07 Å². The van der Waals surface area contributed by atoms with Crippen LogP contribution >= 0.6 is 0 Å². The van der Waals surface area contributed by atoms with E-state index < -0.39 is 5.97 Å². The second-order valence-electron chi connectivity index (χ2n) is 3.01. The molecule has 0 radical (unpaired) electrons. The van der Waals surface area contributed by atoms with Gasteiger partial charge in [0.05, 0.1) is 14.2 Å². The van der Waals surface area contributed by atoms with Gasteiger partial charge in [0.25, 0.3) is 0 Å². The summed E-state index contributed by atoms with van der Waals surface area (Å²) in [4.78, 5) is 11.2. The predicted octanol–water partition coefficient (Wildman–Crippen LogP) is 0.671. The molecule has 0 aliphatic carbocycles. The normalized spacial score (nSPS) is 11.0. The number of pyridine rings is 1. The van der Waals surface area contributed by atoms with Gasteiger partial charge >= 0.3 is 5.97 Å². The number of carbonyl (C=O) groups excluding carboxylic acids is 1. The summed E-state index contributed by atoms with van der Waals surface area (Å²) < 4.78 is 11.4. The minimum absolute atomic E-state index is 0.184. The Hall–Kier alpha value is -1.84. The van der Waals surface area contributed by atoms with Crippen molar-refractivity contribution in [1.29, 1.82) is 0 Å². The first-order chi connectivity index (χ1) is 7.17. The first kappa shape index (κ1) is 11.2. The summed E-state index contributed by atoms with van der Waals surface area (Å²) in [6.07, 6.45) is 5.41. The second kappa shape index (κ2) is 5.14. The maximum absolute atomic E-state index is 11.2. The largest absolute Gasteiger partial charge is 0.490 e. The standard InChI is InChI=1S/C11H14NO3/c1-12-6-4-5-9(8-12)7-10(14-2)11(13)15-3/h4-8H,1-3H3/q+1/b10-7-. The lowest BCUT2D eigenvalue weighted by Crippen LogP contribution is -2.26. The van der Waals surface area contributed by atoms with Crippen LogP contribution in [-0.4, -0.2) is 20.2 Å². The van der Waals surface area contributed by atoms with Gasteiger partial charge in [-0.1, -0.05) is 0 Å². The van der Waals surface area contributed by atoms with Crippen LogP contribution in [-0.2, 0) is 21.3 Å². The number of carbonyl (C=O) groups is 1.